The van der Waals surface area contributed by atoms with Crippen LogP contribution < -0.4 is 10.1 Å². The summed E-state index contributed by atoms with van der Waals surface area (Å²) in [4.78, 5) is 32.0. The van der Waals surface area contributed by atoms with Crippen molar-refractivity contribution < 1.29 is 19.1 Å². The summed E-state index contributed by atoms with van der Waals surface area (Å²) in [6, 6.07) is 15.8. The number of nitrogens with zero attached hydrogens (tertiary/aromatic N) is 1. The fourth-order valence-corrected chi connectivity index (χ4v) is 3.82. The van der Waals surface area contributed by atoms with Gasteiger partial charge in [0.25, 0.3) is 0 Å². The van der Waals surface area contributed by atoms with E-state index in [-0.39, 0.29) is 36.2 Å². The monoisotopic (exact) mass is 435 g/mol. The minimum absolute atomic E-state index is 0.110. The Balaban J connectivity index is 1.24. The van der Waals surface area contributed by atoms with E-state index in [0.717, 1.165) is 28.2 Å². The number of H-pyrrole nitrogens is 1. The highest BCUT2D eigenvalue weighted by Crippen LogP contribution is 2.22. The molecule has 2 N–H and O–H groups in total. The molecule has 4 rings (SSSR count). The van der Waals surface area contributed by atoms with Gasteiger partial charge in [-0.15, -0.1) is 0 Å². The van der Waals surface area contributed by atoms with Crippen molar-refractivity contribution in [2.75, 3.05) is 13.2 Å². The third kappa shape index (κ3) is 5.66. The molecule has 0 aliphatic carbocycles. The van der Waals surface area contributed by atoms with Crippen molar-refractivity contribution in [1.82, 2.24) is 15.3 Å². The Kier molecular flexibility index (Phi) is 6.73. The zero-order valence-corrected chi connectivity index (χ0v) is 18.5. The van der Waals surface area contributed by atoms with Crippen LogP contribution in [0, 0.1) is 11.8 Å². The predicted molar refractivity (Wildman–Crippen MR) is 121 cm³/mol. The van der Waals surface area contributed by atoms with Crippen LogP contribution in [0.5, 0.6) is 5.75 Å². The molecule has 1 saturated heterocycles. The van der Waals surface area contributed by atoms with Crippen LogP contribution in [-0.2, 0) is 20.7 Å². The lowest BCUT2D eigenvalue weighted by molar-refractivity contribution is -0.147. The summed E-state index contributed by atoms with van der Waals surface area (Å²) < 4.78 is 11.1. The number of benzene rings is 2. The molecule has 168 valence electrons. The van der Waals surface area contributed by atoms with Crippen LogP contribution >= 0.6 is 0 Å². The molecular formula is C25H29N3O4. The second-order valence-electron chi connectivity index (χ2n) is 8.75. The van der Waals surface area contributed by atoms with E-state index in [1.165, 1.54) is 0 Å². The van der Waals surface area contributed by atoms with Gasteiger partial charge in [-0.25, -0.2) is 4.98 Å². The van der Waals surface area contributed by atoms with E-state index >= 15 is 0 Å². The molecular weight excluding hydrogens is 406 g/mol. The maximum Gasteiger partial charge on any atom is 0.306 e. The molecule has 0 unspecified atom stereocenters. The highest BCUT2D eigenvalue weighted by Gasteiger charge is 2.34. The highest BCUT2D eigenvalue weighted by molar-refractivity contribution is 5.85. The minimum atomic E-state index is -0.352. The number of carbonyl (C=O) groups is 2. The van der Waals surface area contributed by atoms with Crippen molar-refractivity contribution in [2.24, 2.45) is 11.8 Å². The number of fused-ring (bicyclic) bond motifs is 1. The molecule has 0 saturated carbocycles. The van der Waals surface area contributed by atoms with Gasteiger partial charge >= 0.3 is 5.97 Å². The average Bonchev–Trinajstić information content (AvgIpc) is 3.34. The lowest BCUT2D eigenvalue weighted by Gasteiger charge is -2.12. The van der Waals surface area contributed by atoms with E-state index in [1.54, 1.807) is 0 Å². The number of imidazole rings is 1. The summed E-state index contributed by atoms with van der Waals surface area (Å²) in [7, 11) is 0. The van der Waals surface area contributed by atoms with Crippen LogP contribution in [0.2, 0.25) is 0 Å². The zero-order valence-electron chi connectivity index (χ0n) is 18.5. The standard InChI is InChI=1S/C25H29N3O4/c1-16(2)14-32-24(29)13-18-12-19(26-25(18)30)15-31-20-9-7-17(8-10-20)11-23-27-21-5-3-4-6-22(21)28-23/h3-10,16,18-19H,11-15H2,1-2H3,(H,26,30)(H,27,28)/t18-,19-/m0/s1. The largest absolute Gasteiger partial charge is 0.491 e. The molecule has 0 spiro atoms. The van der Waals surface area contributed by atoms with Crippen molar-refractivity contribution in [1.29, 1.82) is 0 Å². The van der Waals surface area contributed by atoms with Gasteiger partial charge in [0.15, 0.2) is 0 Å². The van der Waals surface area contributed by atoms with Crippen molar-refractivity contribution in [3.63, 3.8) is 0 Å². The minimum Gasteiger partial charge on any atom is -0.491 e. The van der Waals surface area contributed by atoms with E-state index in [4.69, 9.17) is 9.47 Å². The van der Waals surface area contributed by atoms with E-state index < -0.39 is 0 Å². The lowest BCUT2D eigenvalue weighted by Crippen LogP contribution is -2.31. The van der Waals surface area contributed by atoms with E-state index in [9.17, 15) is 9.59 Å². The first kappa shape index (κ1) is 21.9. The summed E-state index contributed by atoms with van der Waals surface area (Å²) in [5.41, 5.74) is 3.13. The van der Waals surface area contributed by atoms with Crippen molar-refractivity contribution >= 4 is 22.9 Å². The van der Waals surface area contributed by atoms with Crippen LogP contribution in [-0.4, -0.2) is 41.1 Å². The topological polar surface area (TPSA) is 93.3 Å². The zero-order chi connectivity index (χ0) is 22.5. The Morgan fingerprint density at radius 3 is 2.69 bits per heavy atom. The molecule has 7 nitrogen and oxygen atoms in total. The van der Waals surface area contributed by atoms with Crippen LogP contribution in [0.1, 0.15) is 38.1 Å². The number of amides is 1. The van der Waals surface area contributed by atoms with Crippen LogP contribution in [0.15, 0.2) is 48.5 Å². The van der Waals surface area contributed by atoms with Crippen LogP contribution in [0.25, 0.3) is 11.0 Å². The molecule has 0 radical (unpaired) electrons. The van der Waals surface area contributed by atoms with Crippen molar-refractivity contribution in [3.8, 4) is 5.75 Å². The Hall–Kier alpha value is -3.35. The van der Waals surface area contributed by atoms with Crippen molar-refractivity contribution in [2.45, 2.75) is 39.2 Å². The van der Waals surface area contributed by atoms with E-state index in [2.05, 4.69) is 15.3 Å². The summed E-state index contributed by atoms with van der Waals surface area (Å²) in [6.45, 7) is 4.71. The average molecular weight is 436 g/mol. The molecule has 3 aromatic rings. The first-order chi connectivity index (χ1) is 15.5. The quantitative estimate of drug-likeness (QED) is 0.501. The van der Waals surface area contributed by atoms with Gasteiger partial charge in [0, 0.05) is 6.42 Å². The summed E-state index contributed by atoms with van der Waals surface area (Å²) in [6.07, 6.45) is 1.40. The van der Waals surface area contributed by atoms with Gasteiger partial charge in [-0.3, -0.25) is 9.59 Å². The number of hydrogen-bond donors (Lipinski definition) is 2. The number of aromatic nitrogens is 2. The van der Waals surface area contributed by atoms with E-state index in [0.29, 0.717) is 26.1 Å². The number of esters is 1. The number of nitrogens with one attached hydrogen (secondary N) is 2. The third-order valence-electron chi connectivity index (χ3n) is 5.46. The lowest BCUT2D eigenvalue weighted by atomic mass is 10.0. The molecule has 32 heavy (non-hydrogen) atoms. The Morgan fingerprint density at radius 1 is 1.16 bits per heavy atom. The molecule has 2 heterocycles. The number of rotatable bonds is 9. The number of carbonyl (C=O) groups excluding carboxylic acids is 2. The smallest absolute Gasteiger partial charge is 0.306 e. The first-order valence-corrected chi connectivity index (χ1v) is 11.1. The van der Waals surface area contributed by atoms with Gasteiger partial charge in [0.05, 0.1) is 36.0 Å². The van der Waals surface area contributed by atoms with E-state index in [1.807, 2.05) is 62.4 Å². The Morgan fingerprint density at radius 2 is 1.94 bits per heavy atom. The fraction of sp³-hybridized carbons (Fsp3) is 0.400. The molecule has 0 bridgehead atoms. The molecule has 1 aliphatic rings. The van der Waals surface area contributed by atoms with Gasteiger partial charge in [0.2, 0.25) is 5.91 Å². The second kappa shape index (κ2) is 9.85. The molecule has 1 aromatic heterocycles. The van der Waals surface area contributed by atoms with Crippen LogP contribution in [0.3, 0.4) is 0 Å². The highest BCUT2D eigenvalue weighted by atomic mass is 16.5. The van der Waals surface area contributed by atoms with Crippen LogP contribution in [0.4, 0.5) is 0 Å². The molecule has 2 atom stereocenters. The molecule has 7 heteroatoms. The second-order valence-corrected chi connectivity index (χ2v) is 8.75. The van der Waals surface area contributed by atoms with Gasteiger partial charge < -0.3 is 19.8 Å². The normalized spacial score (nSPS) is 18.2. The number of para-hydroxylation sites is 2. The van der Waals surface area contributed by atoms with Gasteiger partial charge in [0.1, 0.15) is 18.2 Å². The first-order valence-electron chi connectivity index (χ1n) is 11.1. The third-order valence-corrected chi connectivity index (χ3v) is 5.46. The predicted octanol–water partition coefficient (Wildman–Crippen LogP) is 3.63. The molecule has 2 aromatic carbocycles. The number of hydrogen-bond acceptors (Lipinski definition) is 5. The molecule has 1 aliphatic heterocycles. The van der Waals surface area contributed by atoms with Gasteiger partial charge in [-0.1, -0.05) is 38.1 Å². The summed E-state index contributed by atoms with van der Waals surface area (Å²) in [5.74, 6) is 1.16. The van der Waals surface area contributed by atoms with Gasteiger partial charge in [-0.2, -0.15) is 0 Å². The number of aromatic amines is 1. The van der Waals surface area contributed by atoms with Gasteiger partial charge in [-0.05, 0) is 42.2 Å². The SMILES string of the molecule is CC(C)COC(=O)C[C@@H]1C[C@@H](COc2ccc(Cc3nc4ccccc4[nH]3)cc2)NC1=O. The Bertz CT molecular complexity index is 1040. The summed E-state index contributed by atoms with van der Waals surface area (Å²) in [5, 5.41) is 2.92. The molecule has 1 fully saturated rings. The maximum absolute atomic E-state index is 12.2. The number of ether oxygens (including phenoxy) is 2. The fourth-order valence-electron chi connectivity index (χ4n) is 3.82. The molecule has 1 amide bonds. The van der Waals surface area contributed by atoms with Crippen molar-refractivity contribution in [3.05, 3.63) is 59.9 Å². The maximum atomic E-state index is 12.2. The Labute approximate surface area is 187 Å². The summed E-state index contributed by atoms with van der Waals surface area (Å²) >= 11 is 0.